The molecule has 0 aromatic heterocycles. The maximum absolute atomic E-state index is 5.75. The average Bonchev–Trinajstić information content (AvgIpc) is 3.07. The second-order valence-corrected chi connectivity index (χ2v) is 6.84. The van der Waals surface area contributed by atoms with Gasteiger partial charge in [0.05, 0.1) is 6.61 Å². The summed E-state index contributed by atoms with van der Waals surface area (Å²) in [5.74, 6) is 2.48. The largest absolute Gasteiger partial charge is 0.454 e. The molecule has 0 amide bonds. The smallest absolute Gasteiger partial charge is 0.231 e. The number of halogens is 1. The van der Waals surface area contributed by atoms with Gasteiger partial charge < -0.3 is 14.2 Å². The van der Waals surface area contributed by atoms with Gasteiger partial charge in [0, 0.05) is 12.5 Å². The quantitative estimate of drug-likeness (QED) is 0.299. The minimum atomic E-state index is 0.326. The van der Waals surface area contributed by atoms with Gasteiger partial charge in [-0.15, -0.1) is 11.6 Å². The number of unbranched alkanes of at least 4 members (excludes halogenated alkanes) is 9. The molecule has 0 saturated carbocycles. The van der Waals surface area contributed by atoms with Crippen LogP contribution in [-0.2, 0) is 11.3 Å². The maximum atomic E-state index is 5.75. The Hall–Kier alpha value is -0.930. The van der Waals surface area contributed by atoms with Crippen molar-refractivity contribution >= 4 is 11.6 Å². The van der Waals surface area contributed by atoms with Crippen molar-refractivity contribution in [1.29, 1.82) is 0 Å². The third-order valence-electron chi connectivity index (χ3n) is 4.38. The first kappa shape index (κ1) is 19.4. The fourth-order valence-electron chi connectivity index (χ4n) is 2.93. The van der Waals surface area contributed by atoms with Gasteiger partial charge in [-0.2, -0.15) is 0 Å². The molecule has 1 aromatic rings. The van der Waals surface area contributed by atoms with Crippen LogP contribution >= 0.6 is 11.6 Å². The van der Waals surface area contributed by atoms with Crippen LogP contribution in [0.5, 0.6) is 11.5 Å². The van der Waals surface area contributed by atoms with Crippen LogP contribution in [0, 0.1) is 0 Å². The first-order valence-electron chi connectivity index (χ1n) is 9.42. The molecule has 0 N–H and O–H groups in total. The van der Waals surface area contributed by atoms with Crippen molar-refractivity contribution < 1.29 is 14.2 Å². The van der Waals surface area contributed by atoms with Crippen molar-refractivity contribution in [3.05, 3.63) is 23.8 Å². The van der Waals surface area contributed by atoms with Crippen LogP contribution in [0.4, 0.5) is 0 Å². The average molecular weight is 355 g/mol. The summed E-state index contributed by atoms with van der Waals surface area (Å²) in [6.45, 7) is 1.82. The van der Waals surface area contributed by atoms with Crippen LogP contribution in [0.3, 0.4) is 0 Å². The molecule has 2 rings (SSSR count). The standard InChI is InChI=1S/C20H31ClO3/c21-13-9-7-5-3-1-2-4-6-8-10-14-22-16-18-11-12-19-20(15-18)24-17-23-19/h11-12,15H,1-10,13-14,16-17H2. The number of hydrogen-bond acceptors (Lipinski definition) is 3. The maximum Gasteiger partial charge on any atom is 0.231 e. The number of ether oxygens (including phenoxy) is 3. The highest BCUT2D eigenvalue weighted by atomic mass is 35.5. The molecule has 0 saturated heterocycles. The van der Waals surface area contributed by atoms with Crippen LogP contribution in [0.1, 0.15) is 69.8 Å². The molecule has 1 aliphatic heterocycles. The van der Waals surface area contributed by atoms with Crippen molar-refractivity contribution in [3.63, 3.8) is 0 Å². The Labute approximate surface area is 151 Å². The minimum Gasteiger partial charge on any atom is -0.454 e. The lowest BCUT2D eigenvalue weighted by molar-refractivity contribution is 0.116. The van der Waals surface area contributed by atoms with E-state index in [2.05, 4.69) is 0 Å². The second kappa shape index (κ2) is 12.4. The topological polar surface area (TPSA) is 27.7 Å². The minimum absolute atomic E-state index is 0.326. The molecule has 0 fully saturated rings. The number of fused-ring (bicyclic) bond motifs is 1. The summed E-state index contributed by atoms with van der Waals surface area (Å²) in [5.41, 5.74) is 1.15. The molecule has 1 aromatic carbocycles. The number of hydrogen-bond donors (Lipinski definition) is 0. The zero-order valence-electron chi connectivity index (χ0n) is 14.7. The second-order valence-electron chi connectivity index (χ2n) is 6.46. The molecule has 0 spiro atoms. The van der Waals surface area contributed by atoms with Gasteiger partial charge in [-0.1, -0.05) is 57.4 Å². The monoisotopic (exact) mass is 354 g/mol. The Morgan fingerprint density at radius 3 is 2.12 bits per heavy atom. The number of benzene rings is 1. The van der Waals surface area contributed by atoms with Crippen LogP contribution in [0.25, 0.3) is 0 Å². The molecule has 0 atom stereocenters. The molecule has 24 heavy (non-hydrogen) atoms. The normalized spacial score (nSPS) is 12.7. The molecule has 4 heteroatoms. The third kappa shape index (κ3) is 7.76. The van der Waals surface area contributed by atoms with Crippen molar-refractivity contribution in [2.24, 2.45) is 0 Å². The Bertz CT molecular complexity index is 451. The summed E-state index contributed by atoms with van der Waals surface area (Å²) >= 11 is 5.67. The van der Waals surface area contributed by atoms with Crippen LogP contribution < -0.4 is 9.47 Å². The summed E-state index contributed by atoms with van der Waals surface area (Å²) in [4.78, 5) is 0. The predicted molar refractivity (Wildman–Crippen MR) is 99.1 cm³/mol. The van der Waals surface area contributed by atoms with Gasteiger partial charge in [0.25, 0.3) is 0 Å². The van der Waals surface area contributed by atoms with E-state index in [0.29, 0.717) is 13.4 Å². The lowest BCUT2D eigenvalue weighted by Crippen LogP contribution is -1.96. The summed E-state index contributed by atoms with van der Waals surface area (Å²) < 4.78 is 16.4. The van der Waals surface area contributed by atoms with Crippen molar-refractivity contribution in [1.82, 2.24) is 0 Å². The fraction of sp³-hybridized carbons (Fsp3) is 0.700. The van der Waals surface area contributed by atoms with E-state index in [0.717, 1.165) is 36.0 Å². The Balaban J connectivity index is 1.37. The molecule has 0 bridgehead atoms. The van der Waals surface area contributed by atoms with Gasteiger partial charge in [-0.3, -0.25) is 0 Å². The Morgan fingerprint density at radius 2 is 1.42 bits per heavy atom. The van der Waals surface area contributed by atoms with E-state index in [4.69, 9.17) is 25.8 Å². The summed E-state index contributed by atoms with van der Waals surface area (Å²) in [7, 11) is 0. The SMILES string of the molecule is ClCCCCCCCCCCCCOCc1ccc2c(c1)OCO2. The fourth-order valence-corrected chi connectivity index (χ4v) is 3.12. The zero-order valence-corrected chi connectivity index (χ0v) is 15.5. The molecule has 0 aliphatic carbocycles. The number of alkyl halides is 1. The van der Waals surface area contributed by atoms with Crippen LogP contribution in [0.2, 0.25) is 0 Å². The molecule has 1 aliphatic rings. The molecular weight excluding hydrogens is 324 g/mol. The Kier molecular flexibility index (Phi) is 10.0. The van der Waals surface area contributed by atoms with Crippen molar-refractivity contribution in [3.8, 4) is 11.5 Å². The van der Waals surface area contributed by atoms with E-state index >= 15 is 0 Å². The van der Waals surface area contributed by atoms with Gasteiger partial charge in [0.2, 0.25) is 6.79 Å². The predicted octanol–water partition coefficient (Wildman–Crippen LogP) is 6.07. The van der Waals surface area contributed by atoms with Crippen LogP contribution in [0.15, 0.2) is 18.2 Å². The van der Waals surface area contributed by atoms with Gasteiger partial charge in [-0.25, -0.2) is 0 Å². The lowest BCUT2D eigenvalue weighted by Gasteiger charge is -2.06. The first-order chi connectivity index (χ1) is 11.9. The summed E-state index contributed by atoms with van der Waals surface area (Å²) in [5, 5.41) is 0. The van der Waals surface area contributed by atoms with Gasteiger partial charge in [0.1, 0.15) is 0 Å². The molecule has 0 radical (unpaired) electrons. The van der Waals surface area contributed by atoms with E-state index in [-0.39, 0.29) is 0 Å². The molecule has 3 nitrogen and oxygen atoms in total. The van der Waals surface area contributed by atoms with E-state index in [1.165, 1.54) is 57.8 Å². The van der Waals surface area contributed by atoms with Crippen LogP contribution in [-0.4, -0.2) is 19.3 Å². The highest BCUT2D eigenvalue weighted by Gasteiger charge is 2.12. The van der Waals surface area contributed by atoms with E-state index in [1.807, 2.05) is 18.2 Å². The van der Waals surface area contributed by atoms with Gasteiger partial charge in [0.15, 0.2) is 11.5 Å². The molecule has 136 valence electrons. The lowest BCUT2D eigenvalue weighted by atomic mass is 10.1. The van der Waals surface area contributed by atoms with Gasteiger partial charge in [-0.05, 0) is 30.5 Å². The van der Waals surface area contributed by atoms with E-state index in [1.54, 1.807) is 0 Å². The zero-order chi connectivity index (χ0) is 16.9. The summed E-state index contributed by atoms with van der Waals surface area (Å²) in [6.07, 6.45) is 13.1. The summed E-state index contributed by atoms with van der Waals surface area (Å²) in [6, 6.07) is 6.01. The third-order valence-corrected chi connectivity index (χ3v) is 4.65. The highest BCUT2D eigenvalue weighted by Crippen LogP contribution is 2.32. The van der Waals surface area contributed by atoms with E-state index in [9.17, 15) is 0 Å². The highest BCUT2D eigenvalue weighted by molar-refractivity contribution is 6.17. The first-order valence-corrected chi connectivity index (χ1v) is 9.96. The Morgan fingerprint density at radius 1 is 0.792 bits per heavy atom. The molecule has 1 heterocycles. The van der Waals surface area contributed by atoms with Gasteiger partial charge >= 0.3 is 0 Å². The molecule has 0 unspecified atom stereocenters. The number of rotatable bonds is 14. The van der Waals surface area contributed by atoms with E-state index < -0.39 is 0 Å². The van der Waals surface area contributed by atoms with Crippen molar-refractivity contribution in [2.45, 2.75) is 70.8 Å². The van der Waals surface area contributed by atoms with Crippen molar-refractivity contribution in [2.75, 3.05) is 19.3 Å². The molecular formula is C20H31ClO3.